The zero-order chi connectivity index (χ0) is 10.1. The maximum Gasteiger partial charge on any atom is 0.418 e. The van der Waals surface area contributed by atoms with Crippen LogP contribution in [0.15, 0.2) is 12.3 Å². The number of alkyl halides is 3. The van der Waals surface area contributed by atoms with Crippen LogP contribution in [-0.4, -0.2) is 4.98 Å². The molecule has 71 valence electrons. The van der Waals surface area contributed by atoms with E-state index >= 15 is 0 Å². The summed E-state index contributed by atoms with van der Waals surface area (Å²) < 4.78 is 36.9. The van der Waals surface area contributed by atoms with Crippen molar-refractivity contribution < 1.29 is 13.2 Å². The molecule has 1 aromatic rings. The molecule has 5 heteroatoms. The predicted molar refractivity (Wildman–Crippen MR) is 43.3 cm³/mol. The number of aromatic nitrogens is 1. The Bertz CT molecular complexity index is 309. The molecule has 0 atom stereocenters. The van der Waals surface area contributed by atoms with E-state index in [9.17, 15) is 13.2 Å². The normalized spacial score (nSPS) is 11.8. The molecule has 0 aliphatic rings. The Morgan fingerprint density at radius 1 is 1.46 bits per heavy atom. The van der Waals surface area contributed by atoms with E-state index in [1.54, 1.807) is 0 Å². The van der Waals surface area contributed by atoms with Gasteiger partial charge in [-0.1, -0.05) is 11.6 Å². The lowest BCUT2D eigenvalue weighted by Gasteiger charge is -2.10. The van der Waals surface area contributed by atoms with Crippen molar-refractivity contribution >= 4 is 11.6 Å². The van der Waals surface area contributed by atoms with Crippen LogP contribution in [0.4, 0.5) is 13.2 Å². The lowest BCUT2D eigenvalue weighted by Crippen LogP contribution is -2.10. The summed E-state index contributed by atoms with van der Waals surface area (Å²) in [5.74, 6) is 0. The Balaban J connectivity index is 3.24. The van der Waals surface area contributed by atoms with Crippen molar-refractivity contribution in [2.45, 2.75) is 12.6 Å². The van der Waals surface area contributed by atoms with E-state index in [0.29, 0.717) is 0 Å². The van der Waals surface area contributed by atoms with Crippen LogP contribution in [0.5, 0.6) is 0 Å². The molecular formula is C8H6ClF3N. The topological polar surface area (TPSA) is 12.9 Å². The van der Waals surface area contributed by atoms with Crippen molar-refractivity contribution in [2.24, 2.45) is 0 Å². The molecule has 0 fully saturated rings. The fourth-order valence-electron chi connectivity index (χ4n) is 0.912. The van der Waals surface area contributed by atoms with Gasteiger partial charge in [-0.3, -0.25) is 4.98 Å². The van der Waals surface area contributed by atoms with Crippen molar-refractivity contribution in [1.82, 2.24) is 4.98 Å². The Hall–Kier alpha value is -0.770. The maximum atomic E-state index is 12.3. The molecule has 0 aliphatic carbocycles. The van der Waals surface area contributed by atoms with Crippen LogP contribution in [0.2, 0.25) is 5.02 Å². The number of hydrogen-bond acceptors (Lipinski definition) is 1. The molecule has 0 bridgehead atoms. The van der Waals surface area contributed by atoms with Crippen molar-refractivity contribution in [3.63, 3.8) is 0 Å². The second-order valence-corrected chi connectivity index (χ2v) is 2.83. The highest BCUT2D eigenvalue weighted by Crippen LogP contribution is 2.32. The number of pyridine rings is 1. The average molecular weight is 209 g/mol. The first kappa shape index (κ1) is 10.3. The fourth-order valence-corrected chi connectivity index (χ4v) is 1.07. The molecule has 0 unspecified atom stereocenters. The van der Waals surface area contributed by atoms with Crippen LogP contribution in [0.1, 0.15) is 11.3 Å². The Kier molecular flexibility index (Phi) is 2.81. The first-order chi connectivity index (χ1) is 5.95. The highest BCUT2D eigenvalue weighted by Gasteiger charge is 2.33. The molecule has 1 rings (SSSR count). The molecule has 1 radical (unpaired) electrons. The van der Waals surface area contributed by atoms with Gasteiger partial charge in [-0.2, -0.15) is 13.2 Å². The third-order valence-electron chi connectivity index (χ3n) is 1.48. The predicted octanol–water partition coefficient (Wildman–Crippen LogP) is 3.13. The Morgan fingerprint density at radius 2 is 2.08 bits per heavy atom. The molecule has 1 nitrogen and oxygen atoms in total. The minimum absolute atomic E-state index is 0.00792. The van der Waals surface area contributed by atoms with Crippen LogP contribution in [-0.2, 0) is 12.6 Å². The van der Waals surface area contributed by atoms with Gasteiger partial charge in [0.25, 0.3) is 0 Å². The average Bonchev–Trinajstić information content (AvgIpc) is 2.03. The highest BCUT2D eigenvalue weighted by molar-refractivity contribution is 6.30. The largest absolute Gasteiger partial charge is 0.418 e. The van der Waals surface area contributed by atoms with E-state index in [0.717, 1.165) is 6.07 Å². The van der Waals surface area contributed by atoms with Crippen LogP contribution >= 0.6 is 11.6 Å². The van der Waals surface area contributed by atoms with E-state index in [1.807, 2.05) is 0 Å². The first-order valence-electron chi connectivity index (χ1n) is 3.46. The summed E-state index contributed by atoms with van der Waals surface area (Å²) in [6, 6.07) is 0.856. The van der Waals surface area contributed by atoms with Gasteiger partial charge in [-0.15, -0.1) is 0 Å². The van der Waals surface area contributed by atoms with E-state index in [-0.39, 0.29) is 17.1 Å². The summed E-state index contributed by atoms with van der Waals surface area (Å²) in [6.45, 7) is 3.35. The molecule has 0 aliphatic heterocycles. The molecule has 0 N–H and O–H groups in total. The van der Waals surface area contributed by atoms with E-state index in [4.69, 9.17) is 11.6 Å². The van der Waals surface area contributed by atoms with Crippen LogP contribution in [0, 0.1) is 6.92 Å². The smallest absolute Gasteiger partial charge is 0.259 e. The zero-order valence-electron chi connectivity index (χ0n) is 6.53. The highest BCUT2D eigenvalue weighted by atomic mass is 35.5. The lowest BCUT2D eigenvalue weighted by atomic mass is 10.1. The van der Waals surface area contributed by atoms with Gasteiger partial charge in [0.05, 0.1) is 16.3 Å². The molecular weight excluding hydrogens is 203 g/mol. The Labute approximate surface area is 78.5 Å². The van der Waals surface area contributed by atoms with Gasteiger partial charge < -0.3 is 0 Å². The van der Waals surface area contributed by atoms with Crippen LogP contribution in [0.3, 0.4) is 0 Å². The summed E-state index contributed by atoms with van der Waals surface area (Å²) in [4.78, 5) is 3.55. The molecule has 0 saturated heterocycles. The minimum Gasteiger partial charge on any atom is -0.259 e. The lowest BCUT2D eigenvalue weighted by molar-refractivity contribution is -0.138. The van der Waals surface area contributed by atoms with E-state index in [1.165, 1.54) is 6.20 Å². The molecule has 13 heavy (non-hydrogen) atoms. The fraction of sp³-hybridized carbons (Fsp3) is 0.250. The summed E-state index contributed by atoms with van der Waals surface area (Å²) in [5.41, 5.74) is -0.896. The summed E-state index contributed by atoms with van der Waals surface area (Å²) in [5, 5.41) is -0.0236. The number of halogens is 4. The number of nitrogens with zero attached hydrogens (tertiary/aromatic N) is 1. The van der Waals surface area contributed by atoms with Crippen LogP contribution in [0.25, 0.3) is 0 Å². The molecule has 1 heterocycles. The van der Waals surface area contributed by atoms with E-state index < -0.39 is 11.7 Å². The van der Waals surface area contributed by atoms with Crippen molar-refractivity contribution in [3.05, 3.63) is 35.5 Å². The van der Waals surface area contributed by atoms with Gasteiger partial charge >= 0.3 is 6.18 Å². The number of rotatable bonds is 1. The summed E-state index contributed by atoms with van der Waals surface area (Å²) in [7, 11) is 0. The molecule has 0 amide bonds. The molecule has 0 aromatic carbocycles. The van der Waals surface area contributed by atoms with Gasteiger partial charge in [0.1, 0.15) is 0 Å². The summed E-state index contributed by atoms with van der Waals surface area (Å²) in [6.07, 6.45) is -3.24. The van der Waals surface area contributed by atoms with Crippen molar-refractivity contribution in [1.29, 1.82) is 0 Å². The molecule has 0 saturated carbocycles. The van der Waals surface area contributed by atoms with Crippen molar-refractivity contribution in [2.75, 3.05) is 0 Å². The van der Waals surface area contributed by atoms with Gasteiger partial charge in [0, 0.05) is 6.20 Å². The van der Waals surface area contributed by atoms with E-state index in [2.05, 4.69) is 11.9 Å². The quantitative estimate of drug-likeness (QED) is 0.691. The first-order valence-corrected chi connectivity index (χ1v) is 3.84. The minimum atomic E-state index is -4.41. The standard InChI is InChI=1S/C8H6ClF3N/c1-2-7-6(8(10,11)12)3-5(9)4-13-7/h3-4H,1-2H2. The van der Waals surface area contributed by atoms with Gasteiger partial charge in [-0.05, 0) is 19.4 Å². The Morgan fingerprint density at radius 3 is 2.54 bits per heavy atom. The van der Waals surface area contributed by atoms with Crippen molar-refractivity contribution in [3.8, 4) is 0 Å². The van der Waals surface area contributed by atoms with Crippen LogP contribution < -0.4 is 0 Å². The SMILES string of the molecule is [CH2]Cc1ncc(Cl)cc1C(F)(F)F. The van der Waals surface area contributed by atoms with Gasteiger partial charge in [-0.25, -0.2) is 0 Å². The maximum absolute atomic E-state index is 12.3. The van der Waals surface area contributed by atoms with Gasteiger partial charge in [0.15, 0.2) is 0 Å². The summed E-state index contributed by atoms with van der Waals surface area (Å²) >= 11 is 5.40. The zero-order valence-corrected chi connectivity index (χ0v) is 7.28. The number of hydrogen-bond donors (Lipinski definition) is 0. The third kappa shape index (κ3) is 2.34. The van der Waals surface area contributed by atoms with Gasteiger partial charge in [0.2, 0.25) is 0 Å². The second kappa shape index (κ2) is 3.54. The second-order valence-electron chi connectivity index (χ2n) is 2.40. The monoisotopic (exact) mass is 208 g/mol. The molecule has 0 spiro atoms. The third-order valence-corrected chi connectivity index (χ3v) is 1.69. The molecule has 1 aromatic heterocycles.